The van der Waals surface area contributed by atoms with Crippen molar-refractivity contribution in [2.24, 2.45) is 11.8 Å². The lowest BCUT2D eigenvalue weighted by Crippen LogP contribution is -2.44. The molecule has 1 heterocycles. The number of hydrogen-bond acceptors (Lipinski definition) is 5. The van der Waals surface area contributed by atoms with Crippen molar-refractivity contribution in [2.75, 3.05) is 20.8 Å². The molecule has 1 aromatic rings. The number of methoxy groups -OCH3 is 2. The van der Waals surface area contributed by atoms with E-state index in [2.05, 4.69) is 30.4 Å². The molecule has 0 spiro atoms. The van der Waals surface area contributed by atoms with Crippen molar-refractivity contribution in [3.63, 3.8) is 0 Å². The molecule has 5 heteroatoms. The van der Waals surface area contributed by atoms with Crippen LogP contribution in [-0.4, -0.2) is 38.1 Å². The summed E-state index contributed by atoms with van der Waals surface area (Å²) in [6, 6.07) is 4.24. The SMILES string of the molecule is COc1cc2c(cc1OC)[C@@](C)(C/C=C/O[C@H](C1CCCCC1)[C@H](O)C1CCCCC1)NCC2. The third kappa shape index (κ3) is 5.73. The zero-order valence-electron chi connectivity index (χ0n) is 21.5. The van der Waals surface area contributed by atoms with Crippen LogP contribution in [0.15, 0.2) is 24.5 Å². The average Bonchev–Trinajstić information content (AvgIpc) is 2.89. The molecule has 1 aromatic carbocycles. The Morgan fingerprint density at radius 3 is 2.24 bits per heavy atom. The Labute approximate surface area is 206 Å². The van der Waals surface area contributed by atoms with Crippen LogP contribution in [0.1, 0.15) is 88.7 Å². The molecule has 0 unspecified atom stereocenters. The minimum absolute atomic E-state index is 0.0802. The maximum Gasteiger partial charge on any atom is 0.161 e. The maximum atomic E-state index is 11.3. The van der Waals surface area contributed by atoms with Gasteiger partial charge < -0.3 is 24.6 Å². The van der Waals surface area contributed by atoms with Crippen LogP contribution in [0.5, 0.6) is 11.5 Å². The van der Waals surface area contributed by atoms with Gasteiger partial charge in [0.15, 0.2) is 11.5 Å². The standard InChI is InChI=1S/C29H45NO4/c1-29(24-20-26(33-3)25(32-2)19-23(24)15-17-30-29)16-10-18-34-28(22-13-8-5-9-14-22)27(31)21-11-6-4-7-12-21/h10,18-22,27-28,30-31H,4-9,11-17H2,1-3H3/b18-10+/t27-,28-,29-/m1/s1. The summed E-state index contributed by atoms with van der Waals surface area (Å²) in [5.41, 5.74) is 2.36. The first-order valence-electron chi connectivity index (χ1n) is 13.5. The van der Waals surface area contributed by atoms with Crippen LogP contribution in [0.2, 0.25) is 0 Å². The fourth-order valence-electron chi connectivity index (χ4n) is 6.50. The van der Waals surface area contributed by atoms with E-state index in [1.807, 2.05) is 6.26 Å². The van der Waals surface area contributed by atoms with Crippen molar-refractivity contribution in [1.82, 2.24) is 5.32 Å². The quantitative estimate of drug-likeness (QED) is 0.441. The van der Waals surface area contributed by atoms with Gasteiger partial charge in [-0.25, -0.2) is 0 Å². The number of hydrogen-bond donors (Lipinski definition) is 2. The van der Waals surface area contributed by atoms with E-state index in [9.17, 15) is 5.11 Å². The highest BCUT2D eigenvalue weighted by atomic mass is 16.5. The fourth-order valence-corrected chi connectivity index (χ4v) is 6.50. The predicted molar refractivity (Wildman–Crippen MR) is 136 cm³/mol. The van der Waals surface area contributed by atoms with E-state index >= 15 is 0 Å². The second-order valence-electron chi connectivity index (χ2n) is 10.8. The summed E-state index contributed by atoms with van der Waals surface area (Å²) in [5.74, 6) is 2.41. The van der Waals surface area contributed by atoms with Gasteiger partial charge in [-0.3, -0.25) is 0 Å². The van der Waals surface area contributed by atoms with Crippen molar-refractivity contribution >= 4 is 0 Å². The molecule has 0 aromatic heterocycles. The molecule has 2 aliphatic carbocycles. The largest absolute Gasteiger partial charge is 0.495 e. The Balaban J connectivity index is 1.46. The first kappa shape index (κ1) is 25.4. The summed E-state index contributed by atoms with van der Waals surface area (Å²) < 4.78 is 17.5. The van der Waals surface area contributed by atoms with Crippen LogP contribution in [0.25, 0.3) is 0 Å². The molecule has 190 valence electrons. The molecule has 34 heavy (non-hydrogen) atoms. The van der Waals surface area contributed by atoms with Crippen LogP contribution in [0.4, 0.5) is 0 Å². The van der Waals surface area contributed by atoms with Gasteiger partial charge in [0.05, 0.1) is 26.6 Å². The average molecular weight is 472 g/mol. The minimum atomic E-state index is -0.353. The molecule has 0 bridgehead atoms. The van der Waals surface area contributed by atoms with Crippen molar-refractivity contribution in [2.45, 2.75) is 102 Å². The van der Waals surface area contributed by atoms with Crippen LogP contribution in [0.3, 0.4) is 0 Å². The highest BCUT2D eigenvalue weighted by Crippen LogP contribution is 2.40. The molecule has 2 N–H and O–H groups in total. The van der Waals surface area contributed by atoms with Crippen LogP contribution < -0.4 is 14.8 Å². The van der Waals surface area contributed by atoms with Gasteiger partial charge >= 0.3 is 0 Å². The van der Waals surface area contributed by atoms with E-state index in [0.29, 0.717) is 11.8 Å². The van der Waals surface area contributed by atoms with Crippen molar-refractivity contribution in [3.8, 4) is 11.5 Å². The number of rotatable bonds is 9. The highest BCUT2D eigenvalue weighted by molar-refractivity contribution is 5.51. The Kier molecular flexibility index (Phi) is 8.81. The molecule has 0 radical (unpaired) electrons. The highest BCUT2D eigenvalue weighted by Gasteiger charge is 2.36. The minimum Gasteiger partial charge on any atom is -0.495 e. The molecule has 0 amide bonds. The topological polar surface area (TPSA) is 60.0 Å². The summed E-state index contributed by atoms with van der Waals surface area (Å²) in [6.45, 7) is 3.18. The van der Waals surface area contributed by atoms with Gasteiger partial charge in [-0.15, -0.1) is 0 Å². The van der Waals surface area contributed by atoms with Gasteiger partial charge in [0, 0.05) is 12.1 Å². The Morgan fingerprint density at radius 2 is 1.59 bits per heavy atom. The zero-order chi connectivity index (χ0) is 24.0. The number of benzene rings is 1. The summed E-state index contributed by atoms with van der Waals surface area (Å²) >= 11 is 0. The van der Waals surface area contributed by atoms with Crippen LogP contribution in [0, 0.1) is 11.8 Å². The second-order valence-corrected chi connectivity index (χ2v) is 10.8. The Hall–Kier alpha value is -1.72. The molecular formula is C29H45NO4. The third-order valence-electron chi connectivity index (χ3n) is 8.56. The van der Waals surface area contributed by atoms with E-state index in [1.54, 1.807) is 14.2 Å². The predicted octanol–water partition coefficient (Wildman–Crippen LogP) is 5.88. The number of aliphatic hydroxyl groups excluding tert-OH is 1. The molecule has 2 fully saturated rings. The molecule has 1 aliphatic heterocycles. The van der Waals surface area contributed by atoms with Gasteiger partial charge in [0.25, 0.3) is 0 Å². The summed E-state index contributed by atoms with van der Waals surface area (Å²) in [7, 11) is 3.38. The van der Waals surface area contributed by atoms with Crippen LogP contribution in [-0.2, 0) is 16.7 Å². The van der Waals surface area contributed by atoms with Crippen molar-refractivity contribution in [3.05, 3.63) is 35.6 Å². The zero-order valence-corrected chi connectivity index (χ0v) is 21.5. The van der Waals surface area contributed by atoms with E-state index in [0.717, 1.165) is 43.7 Å². The summed E-state index contributed by atoms with van der Waals surface area (Å²) in [5, 5.41) is 15.0. The first-order chi connectivity index (χ1) is 16.6. The van der Waals surface area contributed by atoms with Crippen LogP contribution >= 0.6 is 0 Å². The number of nitrogens with one attached hydrogen (secondary N) is 1. The maximum absolute atomic E-state index is 11.3. The molecule has 4 rings (SSSR count). The lowest BCUT2D eigenvalue weighted by atomic mass is 9.76. The third-order valence-corrected chi connectivity index (χ3v) is 8.56. The molecule has 3 atom stereocenters. The smallest absolute Gasteiger partial charge is 0.161 e. The molecule has 0 saturated heterocycles. The number of aliphatic hydroxyl groups is 1. The van der Waals surface area contributed by atoms with Gasteiger partial charge in [-0.1, -0.05) is 38.5 Å². The molecule has 5 nitrogen and oxygen atoms in total. The lowest BCUT2D eigenvalue weighted by Gasteiger charge is -2.38. The van der Waals surface area contributed by atoms with Gasteiger partial charge in [-0.2, -0.15) is 0 Å². The molecular weight excluding hydrogens is 426 g/mol. The normalized spacial score (nSPS) is 26.1. The fraction of sp³-hybridized carbons (Fsp3) is 0.724. The van der Waals surface area contributed by atoms with E-state index < -0.39 is 0 Å². The van der Waals surface area contributed by atoms with E-state index in [-0.39, 0.29) is 17.7 Å². The van der Waals surface area contributed by atoms with E-state index in [4.69, 9.17) is 14.2 Å². The Bertz CT molecular complexity index is 813. The first-order valence-corrected chi connectivity index (χ1v) is 13.5. The summed E-state index contributed by atoms with van der Waals surface area (Å²) in [4.78, 5) is 0. The van der Waals surface area contributed by atoms with Gasteiger partial charge in [-0.05, 0) is 86.6 Å². The van der Waals surface area contributed by atoms with Gasteiger partial charge in [0.1, 0.15) is 6.10 Å². The number of fused-ring (bicyclic) bond motifs is 1. The molecule has 3 aliphatic rings. The Morgan fingerprint density at radius 1 is 0.971 bits per heavy atom. The van der Waals surface area contributed by atoms with Crippen molar-refractivity contribution < 1.29 is 19.3 Å². The molecule has 2 saturated carbocycles. The number of ether oxygens (including phenoxy) is 3. The van der Waals surface area contributed by atoms with E-state index in [1.165, 1.54) is 62.5 Å². The van der Waals surface area contributed by atoms with Crippen molar-refractivity contribution in [1.29, 1.82) is 0 Å². The lowest BCUT2D eigenvalue weighted by molar-refractivity contribution is -0.0690. The summed E-state index contributed by atoms with van der Waals surface area (Å²) in [6.07, 6.45) is 17.6. The van der Waals surface area contributed by atoms with Gasteiger partial charge in [0.2, 0.25) is 0 Å². The second kappa shape index (κ2) is 11.8. The monoisotopic (exact) mass is 471 g/mol.